The number of benzene rings is 1. The van der Waals surface area contributed by atoms with Crippen LogP contribution in [0.2, 0.25) is 0 Å². The third-order valence-electron chi connectivity index (χ3n) is 2.84. The fourth-order valence-corrected chi connectivity index (χ4v) is 1.82. The van der Waals surface area contributed by atoms with Crippen LogP contribution in [-0.4, -0.2) is 29.8 Å². The SMILES string of the molecule is CN1NC(=O)C(CC(=O)Nc2c(F)cccc2F)C1=O. The topological polar surface area (TPSA) is 78.5 Å². The van der Waals surface area contributed by atoms with E-state index < -0.39 is 47.4 Å². The van der Waals surface area contributed by atoms with Crippen LogP contribution >= 0.6 is 0 Å². The first-order chi connectivity index (χ1) is 9.40. The molecule has 1 aromatic carbocycles. The van der Waals surface area contributed by atoms with Crippen LogP contribution in [0.25, 0.3) is 0 Å². The summed E-state index contributed by atoms with van der Waals surface area (Å²) in [5, 5.41) is 2.98. The number of carbonyl (C=O) groups excluding carboxylic acids is 3. The lowest BCUT2D eigenvalue weighted by molar-refractivity contribution is -0.134. The highest BCUT2D eigenvalue weighted by Gasteiger charge is 2.38. The number of para-hydroxylation sites is 1. The number of hydrogen-bond acceptors (Lipinski definition) is 3. The second kappa shape index (κ2) is 5.24. The van der Waals surface area contributed by atoms with E-state index in [1.807, 2.05) is 5.32 Å². The van der Waals surface area contributed by atoms with Crippen molar-refractivity contribution < 1.29 is 23.2 Å². The normalized spacial score (nSPS) is 18.1. The lowest BCUT2D eigenvalue weighted by Crippen LogP contribution is -2.31. The Hall–Kier alpha value is -2.51. The van der Waals surface area contributed by atoms with Gasteiger partial charge in [-0.1, -0.05) is 6.07 Å². The van der Waals surface area contributed by atoms with Crippen LogP contribution in [0, 0.1) is 17.6 Å². The summed E-state index contributed by atoms with van der Waals surface area (Å²) in [6.45, 7) is 0. The molecule has 0 radical (unpaired) electrons. The van der Waals surface area contributed by atoms with Gasteiger partial charge >= 0.3 is 0 Å². The Morgan fingerprint density at radius 1 is 1.35 bits per heavy atom. The Morgan fingerprint density at radius 3 is 2.45 bits per heavy atom. The van der Waals surface area contributed by atoms with E-state index >= 15 is 0 Å². The summed E-state index contributed by atoms with van der Waals surface area (Å²) in [5.74, 6) is -5.07. The molecule has 1 aliphatic heterocycles. The summed E-state index contributed by atoms with van der Waals surface area (Å²) in [6, 6.07) is 3.13. The van der Waals surface area contributed by atoms with Crippen molar-refractivity contribution in [2.45, 2.75) is 6.42 Å². The predicted molar refractivity (Wildman–Crippen MR) is 64.0 cm³/mol. The van der Waals surface area contributed by atoms with Gasteiger partial charge in [0.15, 0.2) is 0 Å². The number of hydrazine groups is 1. The molecule has 2 rings (SSSR count). The quantitative estimate of drug-likeness (QED) is 0.789. The average molecular weight is 283 g/mol. The van der Waals surface area contributed by atoms with Crippen molar-refractivity contribution in [3.63, 3.8) is 0 Å². The van der Waals surface area contributed by atoms with E-state index in [4.69, 9.17) is 0 Å². The molecular weight excluding hydrogens is 272 g/mol. The number of rotatable bonds is 3. The van der Waals surface area contributed by atoms with Crippen LogP contribution in [0.4, 0.5) is 14.5 Å². The molecule has 1 saturated heterocycles. The van der Waals surface area contributed by atoms with Gasteiger partial charge in [-0.05, 0) is 12.1 Å². The van der Waals surface area contributed by atoms with Crippen molar-refractivity contribution in [2.75, 3.05) is 12.4 Å². The summed E-state index contributed by atoms with van der Waals surface area (Å²) in [5.41, 5.74) is 1.63. The van der Waals surface area contributed by atoms with E-state index in [1.54, 1.807) is 0 Å². The third-order valence-corrected chi connectivity index (χ3v) is 2.84. The fraction of sp³-hybridized carbons (Fsp3) is 0.250. The van der Waals surface area contributed by atoms with Crippen LogP contribution in [0.15, 0.2) is 18.2 Å². The summed E-state index contributed by atoms with van der Waals surface area (Å²) >= 11 is 0. The second-order valence-electron chi connectivity index (χ2n) is 4.27. The molecule has 0 spiro atoms. The van der Waals surface area contributed by atoms with E-state index in [9.17, 15) is 23.2 Å². The largest absolute Gasteiger partial charge is 0.321 e. The summed E-state index contributed by atoms with van der Waals surface area (Å²) in [6.07, 6.45) is -0.483. The predicted octanol–water partition coefficient (Wildman–Crippen LogP) is 0.413. The van der Waals surface area contributed by atoms with Gasteiger partial charge in [0.2, 0.25) is 5.91 Å². The maximum absolute atomic E-state index is 13.3. The Kier molecular flexibility index (Phi) is 3.64. The van der Waals surface area contributed by atoms with Crippen LogP contribution in [0.5, 0.6) is 0 Å². The Balaban J connectivity index is 2.07. The molecule has 0 bridgehead atoms. The first kappa shape index (κ1) is 13.9. The molecule has 1 atom stereocenters. The zero-order chi connectivity index (χ0) is 14.9. The number of nitrogens with one attached hydrogen (secondary N) is 2. The summed E-state index contributed by atoms with van der Waals surface area (Å²) in [4.78, 5) is 34.6. The standard InChI is InChI=1S/C12H11F2N3O3/c1-17-12(20)6(11(19)16-17)5-9(18)15-10-7(13)3-2-4-8(10)14/h2-4,6H,5H2,1H3,(H,15,18)(H,16,19). The second-order valence-corrected chi connectivity index (χ2v) is 4.27. The first-order valence-electron chi connectivity index (χ1n) is 5.72. The van der Waals surface area contributed by atoms with E-state index in [2.05, 4.69) is 5.43 Å². The third kappa shape index (κ3) is 2.58. The van der Waals surface area contributed by atoms with Gasteiger partial charge in [-0.25, -0.2) is 8.78 Å². The van der Waals surface area contributed by atoms with Crippen molar-refractivity contribution in [3.05, 3.63) is 29.8 Å². The van der Waals surface area contributed by atoms with Crippen molar-refractivity contribution in [3.8, 4) is 0 Å². The minimum atomic E-state index is -1.19. The van der Waals surface area contributed by atoms with Crippen molar-refractivity contribution in [2.24, 2.45) is 5.92 Å². The van der Waals surface area contributed by atoms with Gasteiger partial charge in [-0.15, -0.1) is 0 Å². The van der Waals surface area contributed by atoms with Gasteiger partial charge in [-0.2, -0.15) is 0 Å². The summed E-state index contributed by atoms with van der Waals surface area (Å²) in [7, 11) is 1.34. The molecular formula is C12H11F2N3O3. The van der Waals surface area contributed by atoms with E-state index in [-0.39, 0.29) is 0 Å². The number of amides is 3. The molecule has 0 saturated carbocycles. The van der Waals surface area contributed by atoms with E-state index in [1.165, 1.54) is 7.05 Å². The number of halogens is 2. The molecule has 1 aromatic rings. The molecule has 1 aliphatic rings. The number of nitrogens with zero attached hydrogens (tertiary/aromatic N) is 1. The average Bonchev–Trinajstić information content (AvgIpc) is 2.61. The van der Waals surface area contributed by atoms with Gasteiger partial charge in [0.05, 0.1) is 0 Å². The summed E-state index contributed by atoms with van der Waals surface area (Å²) < 4.78 is 26.7. The maximum atomic E-state index is 13.3. The Bertz CT molecular complexity index is 571. The minimum Gasteiger partial charge on any atom is -0.321 e. The number of carbonyl (C=O) groups is 3. The molecule has 1 fully saturated rings. The molecule has 1 heterocycles. The van der Waals surface area contributed by atoms with Gasteiger partial charge in [0.25, 0.3) is 11.8 Å². The van der Waals surface area contributed by atoms with Crippen LogP contribution in [-0.2, 0) is 14.4 Å². The van der Waals surface area contributed by atoms with Gasteiger partial charge < -0.3 is 5.32 Å². The van der Waals surface area contributed by atoms with E-state index in [0.29, 0.717) is 0 Å². The van der Waals surface area contributed by atoms with Crippen molar-refractivity contribution in [1.29, 1.82) is 0 Å². The van der Waals surface area contributed by atoms with Crippen LogP contribution in [0.1, 0.15) is 6.42 Å². The molecule has 20 heavy (non-hydrogen) atoms. The fourth-order valence-electron chi connectivity index (χ4n) is 1.82. The van der Waals surface area contributed by atoms with Gasteiger partial charge in [0, 0.05) is 13.5 Å². The van der Waals surface area contributed by atoms with Crippen LogP contribution < -0.4 is 10.7 Å². The Labute approximate surface area is 112 Å². The Morgan fingerprint density at radius 2 is 1.95 bits per heavy atom. The molecule has 0 aliphatic carbocycles. The lowest BCUT2D eigenvalue weighted by Gasteiger charge is -2.09. The zero-order valence-corrected chi connectivity index (χ0v) is 10.4. The lowest BCUT2D eigenvalue weighted by atomic mass is 10.0. The highest BCUT2D eigenvalue weighted by atomic mass is 19.1. The van der Waals surface area contributed by atoms with Gasteiger partial charge in [-0.3, -0.25) is 24.8 Å². The van der Waals surface area contributed by atoms with Crippen molar-refractivity contribution >= 4 is 23.4 Å². The van der Waals surface area contributed by atoms with Crippen molar-refractivity contribution in [1.82, 2.24) is 10.4 Å². The van der Waals surface area contributed by atoms with E-state index in [0.717, 1.165) is 23.2 Å². The molecule has 1 unspecified atom stereocenters. The first-order valence-corrected chi connectivity index (χ1v) is 5.72. The zero-order valence-electron chi connectivity index (χ0n) is 10.4. The highest BCUT2D eigenvalue weighted by molar-refractivity contribution is 6.08. The van der Waals surface area contributed by atoms with Gasteiger partial charge in [0.1, 0.15) is 23.2 Å². The molecule has 8 heteroatoms. The molecule has 6 nitrogen and oxygen atoms in total. The number of anilines is 1. The smallest absolute Gasteiger partial charge is 0.253 e. The monoisotopic (exact) mass is 283 g/mol. The minimum absolute atomic E-state index is 0.483. The maximum Gasteiger partial charge on any atom is 0.253 e. The molecule has 3 amide bonds. The number of hydrogen-bond donors (Lipinski definition) is 2. The molecule has 0 aromatic heterocycles. The molecule has 106 valence electrons. The highest BCUT2D eigenvalue weighted by Crippen LogP contribution is 2.20. The van der Waals surface area contributed by atoms with Crippen LogP contribution in [0.3, 0.4) is 0 Å². The molecule has 2 N–H and O–H groups in total.